The summed E-state index contributed by atoms with van der Waals surface area (Å²) in [5.74, 6) is -1.35. The standard InChI is InChI=1S/C21H19Cl2NO4/c1-3-4-5-13(2)12-28-15-7-9-19(17(11-15)21(26)27)24-20(25)16-8-6-14(22)10-18(16)23/h3-11H,12H2,1-2H3,(H,24,25)(H,26,27)/b4-3-,13-5+. The number of halogens is 2. The van der Waals surface area contributed by atoms with Crippen molar-refractivity contribution in [2.24, 2.45) is 0 Å². The number of carbonyl (C=O) groups is 2. The van der Waals surface area contributed by atoms with Gasteiger partial charge in [0.1, 0.15) is 12.4 Å². The molecular weight excluding hydrogens is 401 g/mol. The Morgan fingerprint density at radius 1 is 1.14 bits per heavy atom. The first-order valence-corrected chi connectivity index (χ1v) is 9.12. The van der Waals surface area contributed by atoms with E-state index in [0.29, 0.717) is 17.4 Å². The number of carboxylic acids is 1. The summed E-state index contributed by atoms with van der Waals surface area (Å²) in [6, 6.07) is 8.87. The molecule has 2 N–H and O–H groups in total. The van der Waals surface area contributed by atoms with Gasteiger partial charge in [0, 0.05) is 5.02 Å². The highest BCUT2D eigenvalue weighted by atomic mass is 35.5. The van der Waals surface area contributed by atoms with Gasteiger partial charge in [-0.05, 0) is 55.8 Å². The van der Waals surface area contributed by atoms with Crippen LogP contribution in [-0.4, -0.2) is 23.6 Å². The molecule has 0 spiro atoms. The number of rotatable bonds is 7. The number of hydrogen-bond donors (Lipinski definition) is 2. The average Bonchev–Trinajstić information content (AvgIpc) is 2.65. The molecule has 2 rings (SSSR count). The van der Waals surface area contributed by atoms with Crippen molar-refractivity contribution in [3.63, 3.8) is 0 Å². The van der Waals surface area contributed by atoms with Crippen LogP contribution < -0.4 is 10.1 Å². The summed E-state index contributed by atoms with van der Waals surface area (Å²) in [5.41, 5.74) is 1.21. The molecule has 1 amide bonds. The lowest BCUT2D eigenvalue weighted by molar-refractivity contribution is 0.0697. The lowest BCUT2D eigenvalue weighted by atomic mass is 10.1. The van der Waals surface area contributed by atoms with E-state index in [9.17, 15) is 14.7 Å². The Balaban J connectivity index is 2.20. The minimum Gasteiger partial charge on any atom is -0.489 e. The fraction of sp³-hybridized carbons (Fsp3) is 0.143. The van der Waals surface area contributed by atoms with E-state index >= 15 is 0 Å². The third-order valence-electron chi connectivity index (χ3n) is 3.69. The van der Waals surface area contributed by atoms with Crippen molar-refractivity contribution in [3.8, 4) is 5.75 Å². The quantitative estimate of drug-likeness (QED) is 0.552. The van der Waals surface area contributed by atoms with E-state index in [-0.39, 0.29) is 21.8 Å². The molecule has 0 saturated carbocycles. The monoisotopic (exact) mass is 419 g/mol. The number of nitrogens with one attached hydrogen (secondary N) is 1. The average molecular weight is 420 g/mol. The minimum atomic E-state index is -1.19. The van der Waals surface area contributed by atoms with Crippen LogP contribution in [0.2, 0.25) is 10.0 Å². The van der Waals surface area contributed by atoms with E-state index in [1.807, 2.05) is 32.1 Å². The van der Waals surface area contributed by atoms with Crippen LogP contribution >= 0.6 is 23.2 Å². The molecule has 5 nitrogen and oxygen atoms in total. The summed E-state index contributed by atoms with van der Waals surface area (Å²) in [5, 5.41) is 12.6. The molecule has 2 aromatic rings. The van der Waals surface area contributed by atoms with Crippen LogP contribution in [0.1, 0.15) is 34.6 Å². The predicted octanol–water partition coefficient (Wildman–Crippen LogP) is 5.85. The van der Waals surface area contributed by atoms with Crippen molar-refractivity contribution in [2.45, 2.75) is 13.8 Å². The number of aromatic carboxylic acids is 1. The summed E-state index contributed by atoms with van der Waals surface area (Å²) in [6.45, 7) is 4.13. The maximum absolute atomic E-state index is 12.4. The first-order chi connectivity index (χ1) is 13.3. The number of benzene rings is 2. The van der Waals surface area contributed by atoms with Crippen LogP contribution in [0, 0.1) is 0 Å². The summed E-state index contributed by atoms with van der Waals surface area (Å²) < 4.78 is 5.62. The predicted molar refractivity (Wildman–Crippen MR) is 112 cm³/mol. The maximum Gasteiger partial charge on any atom is 0.337 e. The normalized spacial score (nSPS) is 11.5. The number of ether oxygens (including phenoxy) is 1. The zero-order valence-corrected chi connectivity index (χ0v) is 16.8. The highest BCUT2D eigenvalue weighted by Crippen LogP contribution is 2.26. The van der Waals surface area contributed by atoms with Gasteiger partial charge in [0.05, 0.1) is 21.8 Å². The number of carboxylic acid groups (broad SMARTS) is 1. The smallest absolute Gasteiger partial charge is 0.337 e. The molecule has 0 heterocycles. The molecule has 0 aliphatic rings. The van der Waals surface area contributed by atoms with Crippen molar-refractivity contribution in [1.82, 2.24) is 0 Å². The van der Waals surface area contributed by atoms with Crippen LogP contribution in [0.4, 0.5) is 5.69 Å². The van der Waals surface area contributed by atoms with Gasteiger partial charge in [-0.1, -0.05) is 41.4 Å². The number of carbonyl (C=O) groups excluding carboxylic acids is 1. The first-order valence-electron chi connectivity index (χ1n) is 8.36. The highest BCUT2D eigenvalue weighted by molar-refractivity contribution is 6.37. The van der Waals surface area contributed by atoms with Crippen molar-refractivity contribution >= 4 is 40.8 Å². The lowest BCUT2D eigenvalue weighted by Crippen LogP contribution is -2.15. The number of anilines is 1. The number of amides is 1. The van der Waals surface area contributed by atoms with E-state index < -0.39 is 11.9 Å². The Labute approximate surface area is 173 Å². The summed E-state index contributed by atoms with van der Waals surface area (Å²) >= 11 is 11.9. The fourth-order valence-corrected chi connectivity index (χ4v) is 2.76. The molecule has 0 bridgehead atoms. The molecule has 0 aliphatic heterocycles. The Morgan fingerprint density at radius 3 is 2.54 bits per heavy atom. The molecule has 28 heavy (non-hydrogen) atoms. The third kappa shape index (κ3) is 5.87. The van der Waals surface area contributed by atoms with Crippen LogP contribution in [0.25, 0.3) is 0 Å². The van der Waals surface area contributed by atoms with Gasteiger partial charge < -0.3 is 15.2 Å². The summed E-state index contributed by atoms with van der Waals surface area (Å²) in [6.07, 6.45) is 5.70. The van der Waals surface area contributed by atoms with Gasteiger partial charge in [-0.25, -0.2) is 4.79 Å². The van der Waals surface area contributed by atoms with Gasteiger partial charge in [-0.2, -0.15) is 0 Å². The zero-order chi connectivity index (χ0) is 20.7. The molecular formula is C21H19Cl2NO4. The molecule has 7 heteroatoms. The Kier molecular flexibility index (Phi) is 7.67. The van der Waals surface area contributed by atoms with Gasteiger partial charge in [0.15, 0.2) is 0 Å². The van der Waals surface area contributed by atoms with Crippen LogP contribution in [-0.2, 0) is 0 Å². The van der Waals surface area contributed by atoms with E-state index in [2.05, 4.69) is 5.32 Å². The molecule has 0 atom stereocenters. The topological polar surface area (TPSA) is 75.6 Å². The van der Waals surface area contributed by atoms with Gasteiger partial charge in [-0.15, -0.1) is 0 Å². The van der Waals surface area contributed by atoms with Gasteiger partial charge >= 0.3 is 5.97 Å². The summed E-state index contributed by atoms with van der Waals surface area (Å²) in [7, 11) is 0. The van der Waals surface area contributed by atoms with E-state index in [0.717, 1.165) is 5.57 Å². The minimum absolute atomic E-state index is 0.0916. The van der Waals surface area contributed by atoms with Crippen LogP contribution in [0.3, 0.4) is 0 Å². The second-order valence-electron chi connectivity index (χ2n) is 5.92. The van der Waals surface area contributed by atoms with Gasteiger partial charge in [0.2, 0.25) is 0 Å². The number of allylic oxidation sites excluding steroid dienone is 3. The maximum atomic E-state index is 12.4. The van der Waals surface area contributed by atoms with Crippen molar-refractivity contribution in [1.29, 1.82) is 0 Å². The Bertz CT molecular complexity index is 951. The van der Waals surface area contributed by atoms with Crippen molar-refractivity contribution < 1.29 is 19.4 Å². The molecule has 0 saturated heterocycles. The highest BCUT2D eigenvalue weighted by Gasteiger charge is 2.17. The fourth-order valence-electron chi connectivity index (χ4n) is 2.27. The SMILES string of the molecule is C/C=C\C=C(/C)COc1ccc(NC(=O)c2ccc(Cl)cc2Cl)c(C(=O)O)c1. The van der Waals surface area contributed by atoms with Crippen LogP contribution in [0.5, 0.6) is 5.75 Å². The lowest BCUT2D eigenvalue weighted by Gasteiger charge is -2.12. The molecule has 2 aromatic carbocycles. The van der Waals surface area contributed by atoms with Gasteiger partial charge in [0.25, 0.3) is 5.91 Å². The van der Waals surface area contributed by atoms with E-state index in [1.165, 1.54) is 30.3 Å². The Hall–Kier alpha value is -2.76. The molecule has 0 fully saturated rings. The molecule has 0 aliphatic carbocycles. The second-order valence-corrected chi connectivity index (χ2v) is 6.76. The van der Waals surface area contributed by atoms with Gasteiger partial charge in [-0.3, -0.25) is 4.79 Å². The van der Waals surface area contributed by atoms with Crippen molar-refractivity contribution in [3.05, 3.63) is 81.4 Å². The second kappa shape index (κ2) is 9.97. The molecule has 0 radical (unpaired) electrons. The van der Waals surface area contributed by atoms with Crippen molar-refractivity contribution in [2.75, 3.05) is 11.9 Å². The third-order valence-corrected chi connectivity index (χ3v) is 4.23. The zero-order valence-electron chi connectivity index (χ0n) is 15.3. The summed E-state index contributed by atoms with van der Waals surface area (Å²) in [4.78, 5) is 24.1. The molecule has 0 aromatic heterocycles. The molecule has 146 valence electrons. The molecule has 0 unspecified atom stereocenters. The largest absolute Gasteiger partial charge is 0.489 e. The Morgan fingerprint density at radius 2 is 1.89 bits per heavy atom. The van der Waals surface area contributed by atoms with Crippen LogP contribution in [0.15, 0.2) is 60.2 Å². The van der Waals surface area contributed by atoms with E-state index in [4.69, 9.17) is 27.9 Å². The number of hydrogen-bond acceptors (Lipinski definition) is 3. The first kappa shape index (κ1) is 21.5. The van der Waals surface area contributed by atoms with E-state index in [1.54, 1.807) is 6.07 Å².